The lowest BCUT2D eigenvalue weighted by Crippen LogP contribution is -2.30. The van der Waals surface area contributed by atoms with Crippen molar-refractivity contribution in [3.8, 4) is 0 Å². The summed E-state index contributed by atoms with van der Waals surface area (Å²) in [5, 5.41) is 0. The van der Waals surface area contributed by atoms with E-state index in [0.29, 0.717) is 11.5 Å². The van der Waals surface area contributed by atoms with Crippen LogP contribution >= 0.6 is 0 Å². The molecule has 130 valence electrons. The van der Waals surface area contributed by atoms with E-state index in [4.69, 9.17) is 0 Å². The van der Waals surface area contributed by atoms with E-state index in [1.165, 1.54) is 6.33 Å². The van der Waals surface area contributed by atoms with Crippen LogP contribution in [0.15, 0.2) is 37.2 Å². The summed E-state index contributed by atoms with van der Waals surface area (Å²) in [7, 11) is 1.76. The van der Waals surface area contributed by atoms with Crippen molar-refractivity contribution in [3.05, 3.63) is 48.4 Å². The minimum Gasteiger partial charge on any atom is -0.333 e. The Kier molecular flexibility index (Phi) is 4.74. The number of carbonyl (C=O) groups excluding carboxylic acids is 1. The Morgan fingerprint density at radius 3 is 2.72 bits per heavy atom. The number of carbonyl (C=O) groups is 1. The summed E-state index contributed by atoms with van der Waals surface area (Å²) >= 11 is 0. The van der Waals surface area contributed by atoms with Gasteiger partial charge in [0.05, 0.1) is 23.6 Å². The lowest BCUT2D eigenvalue weighted by atomic mass is 10.1. The van der Waals surface area contributed by atoms with Crippen molar-refractivity contribution in [2.45, 2.75) is 33.4 Å². The molecule has 0 bridgehead atoms. The summed E-state index contributed by atoms with van der Waals surface area (Å²) in [6.45, 7) is 7.07. The molecule has 3 aromatic heterocycles. The maximum Gasteiger partial charge on any atom is 0.255 e. The molecule has 1 unspecified atom stereocenters. The Morgan fingerprint density at radius 2 is 2.04 bits per heavy atom. The molecule has 7 heteroatoms. The fourth-order valence-corrected chi connectivity index (χ4v) is 2.72. The number of rotatable bonds is 5. The zero-order chi connectivity index (χ0) is 18.0. The van der Waals surface area contributed by atoms with Crippen molar-refractivity contribution in [2.24, 2.45) is 5.92 Å². The van der Waals surface area contributed by atoms with Crippen LogP contribution in [0.3, 0.4) is 0 Å². The number of hydrogen-bond donors (Lipinski definition) is 0. The predicted octanol–water partition coefficient (Wildman–Crippen LogP) is 2.71. The van der Waals surface area contributed by atoms with E-state index in [1.54, 1.807) is 36.7 Å². The van der Waals surface area contributed by atoms with Crippen LogP contribution in [0, 0.1) is 5.92 Å². The zero-order valence-electron chi connectivity index (χ0n) is 14.9. The number of amides is 1. The van der Waals surface area contributed by atoms with Crippen LogP contribution in [0.5, 0.6) is 0 Å². The molecule has 7 nitrogen and oxygen atoms in total. The highest BCUT2D eigenvalue weighted by molar-refractivity contribution is 5.96. The van der Waals surface area contributed by atoms with E-state index < -0.39 is 0 Å². The summed E-state index contributed by atoms with van der Waals surface area (Å²) in [6, 6.07) is 3.44. The topological polar surface area (TPSA) is 76.8 Å². The summed E-state index contributed by atoms with van der Waals surface area (Å²) < 4.78 is 2.02. The maximum absolute atomic E-state index is 12.8. The smallest absolute Gasteiger partial charge is 0.255 e. The normalized spacial score (nSPS) is 12.5. The van der Waals surface area contributed by atoms with E-state index in [-0.39, 0.29) is 11.9 Å². The summed E-state index contributed by atoms with van der Waals surface area (Å²) in [4.78, 5) is 31.4. The monoisotopic (exact) mass is 338 g/mol. The van der Waals surface area contributed by atoms with Crippen molar-refractivity contribution in [2.75, 3.05) is 7.05 Å². The van der Waals surface area contributed by atoms with Crippen LogP contribution in [-0.2, 0) is 6.54 Å². The molecule has 3 aromatic rings. The van der Waals surface area contributed by atoms with Gasteiger partial charge >= 0.3 is 0 Å². The molecule has 0 fully saturated rings. The molecule has 3 rings (SSSR count). The minimum atomic E-state index is -0.162. The average Bonchev–Trinajstić information content (AvgIpc) is 3.02. The summed E-state index contributed by atoms with van der Waals surface area (Å²) in [5.41, 5.74) is 2.85. The molecule has 0 aromatic carbocycles. The first kappa shape index (κ1) is 17.0. The number of imidazole rings is 1. The molecule has 0 N–H and O–H groups in total. The van der Waals surface area contributed by atoms with Gasteiger partial charge in [-0.05, 0) is 25.0 Å². The van der Waals surface area contributed by atoms with E-state index in [9.17, 15) is 4.79 Å². The molecular formula is C18H22N6O. The Balaban J connectivity index is 1.84. The van der Waals surface area contributed by atoms with Gasteiger partial charge in [-0.1, -0.05) is 13.8 Å². The fraction of sp³-hybridized carbons (Fsp3) is 0.389. The van der Waals surface area contributed by atoms with Gasteiger partial charge in [-0.25, -0.2) is 19.9 Å². The number of fused-ring (bicyclic) bond motifs is 1. The highest BCUT2D eigenvalue weighted by Crippen LogP contribution is 2.20. The highest BCUT2D eigenvalue weighted by Gasteiger charge is 2.21. The summed E-state index contributed by atoms with van der Waals surface area (Å²) in [5.74, 6) is 0.388. The lowest BCUT2D eigenvalue weighted by Gasteiger charge is -2.24. The van der Waals surface area contributed by atoms with Crippen LogP contribution in [-0.4, -0.2) is 42.4 Å². The molecule has 0 spiro atoms. The van der Waals surface area contributed by atoms with Crippen LogP contribution in [0.2, 0.25) is 0 Å². The van der Waals surface area contributed by atoms with E-state index >= 15 is 0 Å². The zero-order valence-corrected chi connectivity index (χ0v) is 14.9. The van der Waals surface area contributed by atoms with Gasteiger partial charge in [0.15, 0.2) is 5.65 Å². The van der Waals surface area contributed by atoms with Crippen molar-refractivity contribution in [1.82, 2.24) is 29.4 Å². The number of pyridine rings is 1. The Morgan fingerprint density at radius 1 is 1.24 bits per heavy atom. The van der Waals surface area contributed by atoms with E-state index in [0.717, 1.165) is 23.4 Å². The van der Waals surface area contributed by atoms with Crippen LogP contribution < -0.4 is 0 Å². The first-order valence-corrected chi connectivity index (χ1v) is 8.31. The molecule has 0 saturated heterocycles. The lowest BCUT2D eigenvalue weighted by molar-refractivity contribution is 0.0739. The first-order valence-electron chi connectivity index (χ1n) is 8.31. The van der Waals surface area contributed by atoms with Gasteiger partial charge in [0.1, 0.15) is 11.8 Å². The average molecular weight is 338 g/mol. The molecule has 25 heavy (non-hydrogen) atoms. The Labute approximate surface area is 146 Å². The van der Waals surface area contributed by atoms with Crippen LogP contribution in [0.4, 0.5) is 0 Å². The van der Waals surface area contributed by atoms with Crippen LogP contribution in [0.1, 0.15) is 42.9 Å². The van der Waals surface area contributed by atoms with Gasteiger partial charge in [-0.15, -0.1) is 0 Å². The van der Waals surface area contributed by atoms with Gasteiger partial charge in [-0.3, -0.25) is 4.79 Å². The second-order valence-electron chi connectivity index (χ2n) is 6.58. The molecule has 0 aliphatic rings. The molecule has 3 heterocycles. The molecule has 0 aliphatic carbocycles. The number of nitrogens with zero attached hydrogens (tertiary/aromatic N) is 6. The molecule has 0 aliphatic heterocycles. The van der Waals surface area contributed by atoms with Crippen molar-refractivity contribution in [3.63, 3.8) is 0 Å². The van der Waals surface area contributed by atoms with Gasteiger partial charge in [0, 0.05) is 26.0 Å². The van der Waals surface area contributed by atoms with Gasteiger partial charge < -0.3 is 9.47 Å². The minimum absolute atomic E-state index is 0.112. The second-order valence-corrected chi connectivity index (χ2v) is 6.58. The van der Waals surface area contributed by atoms with Gasteiger partial charge in [0.25, 0.3) is 5.91 Å². The molecular weight excluding hydrogens is 316 g/mol. The van der Waals surface area contributed by atoms with Crippen molar-refractivity contribution < 1.29 is 4.79 Å². The van der Waals surface area contributed by atoms with Gasteiger partial charge in [-0.2, -0.15) is 0 Å². The quantitative estimate of drug-likeness (QED) is 0.715. The molecule has 0 saturated carbocycles. The highest BCUT2D eigenvalue weighted by atomic mass is 16.2. The van der Waals surface area contributed by atoms with Crippen molar-refractivity contribution in [1.29, 1.82) is 0 Å². The first-order chi connectivity index (χ1) is 12.0. The SMILES string of the molecule is CC(C)Cn1cnc2cc(C(=O)N(C)C(C)c3ccncn3)cnc21. The molecule has 0 radical (unpaired) electrons. The van der Waals surface area contributed by atoms with Crippen molar-refractivity contribution >= 4 is 17.1 Å². The fourth-order valence-electron chi connectivity index (χ4n) is 2.72. The number of aromatic nitrogens is 5. The molecule has 1 amide bonds. The van der Waals surface area contributed by atoms with E-state index in [1.807, 2.05) is 17.6 Å². The third kappa shape index (κ3) is 3.50. The number of hydrogen-bond acceptors (Lipinski definition) is 5. The Hall–Kier alpha value is -2.83. The molecule has 1 atom stereocenters. The Bertz CT molecular complexity index is 874. The summed E-state index contributed by atoms with van der Waals surface area (Å²) in [6.07, 6.45) is 6.55. The third-order valence-corrected chi connectivity index (χ3v) is 4.20. The third-order valence-electron chi connectivity index (χ3n) is 4.20. The largest absolute Gasteiger partial charge is 0.333 e. The standard InChI is InChI=1S/C18H22N6O/c1-12(2)9-24-11-22-16-7-14(8-20-17(16)24)18(25)23(4)13(3)15-5-6-19-10-21-15/h5-8,10-13H,9H2,1-4H3. The van der Waals surface area contributed by atoms with Crippen LogP contribution in [0.25, 0.3) is 11.2 Å². The van der Waals surface area contributed by atoms with E-state index in [2.05, 4.69) is 33.8 Å². The van der Waals surface area contributed by atoms with Gasteiger partial charge in [0.2, 0.25) is 0 Å². The predicted molar refractivity (Wildman–Crippen MR) is 94.9 cm³/mol. The second kappa shape index (κ2) is 6.96. The maximum atomic E-state index is 12.8.